The first-order valence-corrected chi connectivity index (χ1v) is 17.2. The lowest BCUT2D eigenvalue weighted by Gasteiger charge is -2.42. The molecule has 290 valence electrons. The minimum absolute atomic E-state index is 0.0823. The molecule has 2 aliphatic heterocycles. The molecule has 3 heterocycles. The molecule has 2 aromatic carbocycles. The molecular formula is C38H41F6N5O5. The lowest BCUT2D eigenvalue weighted by molar-refractivity contribution is -0.392. The largest absolute Gasteiger partial charge is 0.489 e. The molecule has 1 N–H and O–H groups in total. The number of benzene rings is 2. The first-order valence-electron chi connectivity index (χ1n) is 17.2. The van der Waals surface area contributed by atoms with Crippen LogP contribution < -0.4 is 15.0 Å². The van der Waals surface area contributed by atoms with Crippen LogP contribution in [0.3, 0.4) is 0 Å². The Labute approximate surface area is 308 Å². The number of hydrogen-bond donors (Lipinski definition) is 1. The van der Waals surface area contributed by atoms with Crippen LogP contribution in [0.15, 0.2) is 72.9 Å². The van der Waals surface area contributed by atoms with Gasteiger partial charge in [-0.2, -0.15) is 26.3 Å². The Morgan fingerprint density at radius 3 is 2.28 bits per heavy atom. The monoisotopic (exact) mass is 761 g/mol. The van der Waals surface area contributed by atoms with E-state index in [1.165, 1.54) is 60.5 Å². The summed E-state index contributed by atoms with van der Waals surface area (Å²) in [6.07, 6.45) is -7.50. The number of nitrogens with zero attached hydrogens (tertiary/aromatic N) is 4. The van der Waals surface area contributed by atoms with Crippen molar-refractivity contribution in [3.05, 3.63) is 95.3 Å². The quantitative estimate of drug-likeness (QED) is 0.167. The predicted octanol–water partition coefficient (Wildman–Crippen LogP) is 6.94. The molecule has 2 aliphatic rings. The van der Waals surface area contributed by atoms with E-state index in [-0.39, 0.29) is 42.6 Å². The minimum Gasteiger partial charge on any atom is -0.489 e. The molecule has 2 fully saturated rings. The van der Waals surface area contributed by atoms with E-state index in [0.29, 0.717) is 11.4 Å². The molecule has 5 rings (SSSR count). The number of anilines is 1. The van der Waals surface area contributed by atoms with E-state index < -0.39 is 66.1 Å². The summed E-state index contributed by atoms with van der Waals surface area (Å²) in [5.41, 5.74) is -6.48. The molecule has 0 bridgehead atoms. The summed E-state index contributed by atoms with van der Waals surface area (Å²) in [7, 11) is 0. The number of hydrogen-bond acceptors (Lipinski definition) is 7. The lowest BCUT2D eigenvalue weighted by atomic mass is 9.89. The van der Waals surface area contributed by atoms with E-state index in [4.69, 9.17) is 9.47 Å². The van der Waals surface area contributed by atoms with Gasteiger partial charge in [-0.05, 0) is 70.0 Å². The zero-order valence-electron chi connectivity index (χ0n) is 30.3. The number of urea groups is 1. The first kappa shape index (κ1) is 40.1. The molecule has 16 heteroatoms. The highest BCUT2D eigenvalue weighted by atomic mass is 19.4. The smallest absolute Gasteiger partial charge is 0.430 e. The molecule has 4 amide bonds. The summed E-state index contributed by atoms with van der Waals surface area (Å²) >= 11 is 0. The average molecular weight is 762 g/mol. The SMILES string of the molecule is C/C=C/c1cc(C(OCc2ccccc2)(C(F)(F)F)C(F)(F)F)ccc1N1CCN(C(=O)CN2C(=O)NC(C)(c3ccc(OC(C)C)cn3)C2=O)C[C@@H]1C. The van der Waals surface area contributed by atoms with Gasteiger partial charge in [-0.3, -0.25) is 19.5 Å². The molecule has 0 spiro atoms. The van der Waals surface area contributed by atoms with Gasteiger partial charge in [0.2, 0.25) is 5.91 Å². The van der Waals surface area contributed by atoms with E-state index in [1.807, 2.05) is 13.8 Å². The molecule has 0 radical (unpaired) electrons. The fourth-order valence-corrected chi connectivity index (χ4v) is 6.66. The maximum Gasteiger partial charge on any atom is 0.430 e. The Bertz CT molecular complexity index is 1850. The van der Waals surface area contributed by atoms with Crippen molar-refractivity contribution >= 4 is 29.6 Å². The number of imide groups is 1. The number of amides is 4. The third kappa shape index (κ3) is 7.74. The Morgan fingerprint density at radius 2 is 1.70 bits per heavy atom. The Balaban J connectivity index is 1.33. The van der Waals surface area contributed by atoms with Gasteiger partial charge in [0.25, 0.3) is 11.5 Å². The topological polar surface area (TPSA) is 104 Å². The number of halogens is 6. The van der Waals surface area contributed by atoms with Gasteiger partial charge in [0.05, 0.1) is 24.6 Å². The van der Waals surface area contributed by atoms with Crippen LogP contribution >= 0.6 is 0 Å². The summed E-state index contributed by atoms with van der Waals surface area (Å²) in [5, 5.41) is 2.62. The second kappa shape index (κ2) is 15.3. The number of allylic oxidation sites excluding steroid dienone is 1. The van der Waals surface area contributed by atoms with Gasteiger partial charge in [0.1, 0.15) is 12.3 Å². The Morgan fingerprint density at radius 1 is 1.02 bits per heavy atom. The number of nitrogens with one attached hydrogen (secondary N) is 1. The molecule has 10 nitrogen and oxygen atoms in total. The third-order valence-corrected chi connectivity index (χ3v) is 9.36. The summed E-state index contributed by atoms with van der Waals surface area (Å²) < 4.78 is 98.2. The standard InChI is InChI=1S/C38H41F6N5O5/c1-6-10-27-19-28(36(37(39,40)41,38(42,43)44)53-23-26-11-8-7-9-12-26)13-15-30(27)48-18-17-47(21-25(48)4)32(50)22-49-33(51)35(5,46-34(49)52)31-16-14-29(20-45-31)54-24(2)3/h6-16,19-20,24-25H,17-18,21-23H2,1-5H3,(H,46,52)/b10-6+/t25-,35?/m0/s1. The number of pyridine rings is 1. The van der Waals surface area contributed by atoms with Crippen molar-refractivity contribution in [1.82, 2.24) is 20.1 Å². The zero-order chi connectivity index (χ0) is 39.6. The highest BCUT2D eigenvalue weighted by Gasteiger charge is 2.73. The van der Waals surface area contributed by atoms with Crippen LogP contribution in [0.2, 0.25) is 0 Å². The molecule has 0 saturated carbocycles. The predicted molar refractivity (Wildman–Crippen MR) is 187 cm³/mol. The summed E-state index contributed by atoms with van der Waals surface area (Å²) in [6.45, 7) is 7.33. The van der Waals surface area contributed by atoms with E-state index in [9.17, 15) is 40.7 Å². The first-order chi connectivity index (χ1) is 25.3. The highest BCUT2D eigenvalue weighted by molar-refractivity contribution is 6.09. The van der Waals surface area contributed by atoms with Crippen molar-refractivity contribution < 1.29 is 50.2 Å². The van der Waals surface area contributed by atoms with Crippen molar-refractivity contribution in [1.29, 1.82) is 0 Å². The molecule has 1 aromatic heterocycles. The fourth-order valence-electron chi connectivity index (χ4n) is 6.66. The number of carbonyl (C=O) groups is 3. The molecule has 3 aromatic rings. The van der Waals surface area contributed by atoms with Gasteiger partial charge in [-0.25, -0.2) is 4.79 Å². The summed E-state index contributed by atoms with van der Waals surface area (Å²) in [4.78, 5) is 48.2. The number of aromatic nitrogens is 1. The van der Waals surface area contributed by atoms with Crippen molar-refractivity contribution in [2.24, 2.45) is 0 Å². The molecule has 0 aliphatic carbocycles. The van der Waals surface area contributed by atoms with Crippen molar-refractivity contribution in [2.45, 2.75) is 76.9 Å². The number of alkyl halides is 6. The number of piperazine rings is 1. The molecular weight excluding hydrogens is 720 g/mol. The van der Waals surface area contributed by atoms with Crippen molar-refractivity contribution in [2.75, 3.05) is 31.1 Å². The normalized spacial score (nSPS) is 19.9. The van der Waals surface area contributed by atoms with E-state index >= 15 is 0 Å². The number of carbonyl (C=O) groups excluding carboxylic acids is 3. The van der Waals surface area contributed by atoms with Crippen molar-refractivity contribution in [3.8, 4) is 5.75 Å². The lowest BCUT2D eigenvalue weighted by Crippen LogP contribution is -2.56. The third-order valence-electron chi connectivity index (χ3n) is 9.36. The van der Waals surface area contributed by atoms with Crippen LogP contribution in [0.5, 0.6) is 5.75 Å². The van der Waals surface area contributed by atoms with Gasteiger partial charge in [0, 0.05) is 36.9 Å². The summed E-state index contributed by atoms with van der Waals surface area (Å²) in [5.74, 6) is -0.718. The Kier molecular flexibility index (Phi) is 11.4. The van der Waals surface area contributed by atoms with Crippen LogP contribution in [-0.2, 0) is 32.1 Å². The Hall–Kier alpha value is -5.12. The van der Waals surface area contributed by atoms with E-state index in [1.54, 1.807) is 36.9 Å². The zero-order valence-corrected chi connectivity index (χ0v) is 30.3. The van der Waals surface area contributed by atoms with Crippen LogP contribution in [0.1, 0.15) is 57.0 Å². The van der Waals surface area contributed by atoms with Gasteiger partial charge in [-0.15, -0.1) is 0 Å². The maximum atomic E-state index is 14.6. The van der Waals surface area contributed by atoms with Crippen LogP contribution in [0, 0.1) is 0 Å². The molecule has 54 heavy (non-hydrogen) atoms. The second-order valence-electron chi connectivity index (χ2n) is 13.6. The second-order valence-corrected chi connectivity index (χ2v) is 13.6. The minimum atomic E-state index is -5.87. The van der Waals surface area contributed by atoms with Gasteiger partial charge in [0.15, 0.2) is 5.54 Å². The molecule has 1 unspecified atom stereocenters. The van der Waals surface area contributed by atoms with Gasteiger partial charge in [-0.1, -0.05) is 48.6 Å². The number of ether oxygens (including phenoxy) is 2. The van der Waals surface area contributed by atoms with E-state index in [2.05, 4.69) is 10.3 Å². The highest BCUT2D eigenvalue weighted by Crippen LogP contribution is 2.54. The van der Waals surface area contributed by atoms with Crippen LogP contribution in [0.4, 0.5) is 36.8 Å². The number of rotatable bonds is 11. The molecule has 2 saturated heterocycles. The maximum absolute atomic E-state index is 14.6. The molecule has 2 atom stereocenters. The summed E-state index contributed by atoms with van der Waals surface area (Å²) in [6, 6.07) is 12.0. The van der Waals surface area contributed by atoms with E-state index in [0.717, 1.165) is 17.0 Å². The van der Waals surface area contributed by atoms with Gasteiger partial charge >= 0.3 is 18.4 Å². The fraction of sp³-hybridized carbons (Fsp3) is 0.421. The van der Waals surface area contributed by atoms with Gasteiger partial charge < -0.3 is 24.6 Å². The van der Waals surface area contributed by atoms with Crippen LogP contribution in [0.25, 0.3) is 6.08 Å². The van der Waals surface area contributed by atoms with Crippen molar-refractivity contribution in [3.63, 3.8) is 0 Å². The average Bonchev–Trinajstić information content (AvgIpc) is 3.31. The van der Waals surface area contributed by atoms with Crippen LogP contribution in [-0.4, -0.2) is 83.3 Å².